The zero-order valence-electron chi connectivity index (χ0n) is 13.5. The molecule has 0 radical (unpaired) electrons. The van der Waals surface area contributed by atoms with Gasteiger partial charge in [0.25, 0.3) is 0 Å². The summed E-state index contributed by atoms with van der Waals surface area (Å²) in [5, 5.41) is 0. The maximum absolute atomic E-state index is 12.4. The lowest BCUT2D eigenvalue weighted by molar-refractivity contribution is -0.119. The van der Waals surface area contributed by atoms with E-state index >= 15 is 0 Å². The number of anilines is 1. The van der Waals surface area contributed by atoms with Gasteiger partial charge in [0, 0.05) is 50.3 Å². The number of aromatic nitrogens is 2. The van der Waals surface area contributed by atoms with Crippen LogP contribution in [0.3, 0.4) is 0 Å². The molecule has 1 saturated heterocycles. The van der Waals surface area contributed by atoms with Gasteiger partial charge < -0.3 is 4.74 Å². The first-order valence-electron chi connectivity index (χ1n) is 8.16. The van der Waals surface area contributed by atoms with Crippen LogP contribution in [0.4, 0.5) is 5.82 Å². The Labute approximate surface area is 131 Å². The number of ether oxygens (including phenoxy) is 1. The maximum atomic E-state index is 12.4. The lowest BCUT2D eigenvalue weighted by Gasteiger charge is -2.32. The summed E-state index contributed by atoms with van der Waals surface area (Å²) >= 11 is 0. The molecule has 22 heavy (non-hydrogen) atoms. The van der Waals surface area contributed by atoms with E-state index in [1.807, 2.05) is 18.7 Å². The first-order valence-corrected chi connectivity index (χ1v) is 8.16. The van der Waals surface area contributed by atoms with E-state index < -0.39 is 0 Å². The average Bonchev–Trinajstić information content (AvgIpc) is 2.54. The Bertz CT molecular complexity index is 555. The van der Waals surface area contributed by atoms with Crippen LogP contribution in [0.15, 0.2) is 0 Å². The summed E-state index contributed by atoms with van der Waals surface area (Å²) in [7, 11) is 0. The third kappa shape index (κ3) is 3.13. The zero-order valence-corrected chi connectivity index (χ0v) is 13.5. The van der Waals surface area contributed by atoms with Crippen molar-refractivity contribution in [3.8, 4) is 0 Å². The Morgan fingerprint density at radius 2 is 1.91 bits per heavy atom. The molecule has 0 bridgehead atoms. The molecule has 3 heterocycles. The number of amides is 1. The Balaban J connectivity index is 1.79. The summed E-state index contributed by atoms with van der Waals surface area (Å²) in [5.74, 6) is 1.84. The number of hydrogen-bond donors (Lipinski definition) is 0. The van der Waals surface area contributed by atoms with Gasteiger partial charge in [-0.25, -0.2) is 9.97 Å². The molecule has 1 aromatic heterocycles. The Morgan fingerprint density at radius 3 is 2.64 bits per heavy atom. The van der Waals surface area contributed by atoms with E-state index in [0.717, 1.165) is 68.6 Å². The number of carbonyl (C=O) groups excluding carboxylic acids is 1. The van der Waals surface area contributed by atoms with E-state index in [0.29, 0.717) is 13.0 Å². The van der Waals surface area contributed by atoms with E-state index in [9.17, 15) is 4.79 Å². The fourth-order valence-electron chi connectivity index (χ4n) is 3.09. The van der Waals surface area contributed by atoms with E-state index in [-0.39, 0.29) is 5.91 Å². The molecule has 6 heteroatoms. The van der Waals surface area contributed by atoms with Gasteiger partial charge in [-0.1, -0.05) is 6.92 Å². The van der Waals surface area contributed by atoms with Crippen molar-refractivity contribution in [1.82, 2.24) is 14.9 Å². The summed E-state index contributed by atoms with van der Waals surface area (Å²) < 4.78 is 5.37. The fraction of sp³-hybridized carbons (Fsp3) is 0.688. The third-order valence-corrected chi connectivity index (χ3v) is 4.44. The lowest BCUT2D eigenvalue weighted by atomic mass is 10.0. The average molecular weight is 304 g/mol. The van der Waals surface area contributed by atoms with Crippen molar-refractivity contribution in [2.24, 2.45) is 0 Å². The molecular formula is C16H24N4O2. The SMILES string of the molecule is CCc1nc(C)c2c(n1)N(CCN1CCOCC1)C(=O)CC2. The summed E-state index contributed by atoms with van der Waals surface area (Å²) in [5.41, 5.74) is 2.16. The largest absolute Gasteiger partial charge is 0.379 e. The highest BCUT2D eigenvalue weighted by Crippen LogP contribution is 2.27. The van der Waals surface area contributed by atoms with Crippen LogP contribution in [0.1, 0.15) is 30.4 Å². The molecule has 1 fully saturated rings. The van der Waals surface area contributed by atoms with Crippen molar-refractivity contribution >= 4 is 11.7 Å². The van der Waals surface area contributed by atoms with Gasteiger partial charge in [0.05, 0.1) is 13.2 Å². The van der Waals surface area contributed by atoms with Gasteiger partial charge in [-0.3, -0.25) is 14.6 Å². The van der Waals surface area contributed by atoms with Crippen LogP contribution in [0.2, 0.25) is 0 Å². The molecule has 3 rings (SSSR count). The molecule has 0 saturated carbocycles. The monoisotopic (exact) mass is 304 g/mol. The highest BCUT2D eigenvalue weighted by atomic mass is 16.5. The molecular weight excluding hydrogens is 280 g/mol. The molecule has 0 aliphatic carbocycles. The van der Waals surface area contributed by atoms with Gasteiger partial charge in [0.2, 0.25) is 5.91 Å². The minimum Gasteiger partial charge on any atom is -0.379 e. The molecule has 0 N–H and O–H groups in total. The molecule has 1 amide bonds. The van der Waals surface area contributed by atoms with Crippen molar-refractivity contribution in [2.75, 3.05) is 44.3 Å². The molecule has 0 aromatic carbocycles. The molecule has 6 nitrogen and oxygen atoms in total. The van der Waals surface area contributed by atoms with Gasteiger partial charge in [0.15, 0.2) is 0 Å². The van der Waals surface area contributed by atoms with Crippen LogP contribution in [-0.4, -0.2) is 60.2 Å². The predicted molar refractivity (Wildman–Crippen MR) is 84.1 cm³/mol. The highest BCUT2D eigenvalue weighted by molar-refractivity contribution is 5.95. The molecule has 2 aliphatic heterocycles. The fourth-order valence-corrected chi connectivity index (χ4v) is 3.09. The standard InChI is InChI=1S/C16H24N4O2/c1-3-14-17-12(2)13-4-5-15(21)20(16(13)18-14)7-6-19-8-10-22-11-9-19/h3-11H2,1-2H3. The second-order valence-corrected chi connectivity index (χ2v) is 5.88. The summed E-state index contributed by atoms with van der Waals surface area (Å²) in [4.78, 5) is 25.8. The number of aryl methyl sites for hydroxylation is 2. The Kier molecular flexibility index (Phi) is 4.69. The Hall–Kier alpha value is -1.53. The summed E-state index contributed by atoms with van der Waals surface area (Å²) in [6.07, 6.45) is 2.11. The van der Waals surface area contributed by atoms with Crippen molar-refractivity contribution < 1.29 is 9.53 Å². The Morgan fingerprint density at radius 1 is 1.14 bits per heavy atom. The van der Waals surface area contributed by atoms with Gasteiger partial charge in [0.1, 0.15) is 11.6 Å². The number of morpholine rings is 1. The predicted octanol–water partition coefficient (Wildman–Crippen LogP) is 0.959. The molecule has 0 unspecified atom stereocenters. The van der Waals surface area contributed by atoms with E-state index in [1.54, 1.807) is 0 Å². The maximum Gasteiger partial charge on any atom is 0.228 e. The quantitative estimate of drug-likeness (QED) is 0.829. The molecule has 1 aromatic rings. The summed E-state index contributed by atoms with van der Waals surface area (Å²) in [6.45, 7) is 9.09. The van der Waals surface area contributed by atoms with Crippen LogP contribution in [0.25, 0.3) is 0 Å². The van der Waals surface area contributed by atoms with Gasteiger partial charge >= 0.3 is 0 Å². The number of carbonyl (C=O) groups is 1. The number of rotatable bonds is 4. The minimum atomic E-state index is 0.181. The van der Waals surface area contributed by atoms with Gasteiger partial charge in [-0.15, -0.1) is 0 Å². The molecule has 0 atom stereocenters. The van der Waals surface area contributed by atoms with Crippen LogP contribution >= 0.6 is 0 Å². The van der Waals surface area contributed by atoms with Crippen molar-refractivity contribution in [2.45, 2.75) is 33.1 Å². The normalized spacial score (nSPS) is 19.4. The van der Waals surface area contributed by atoms with Crippen LogP contribution < -0.4 is 4.90 Å². The second-order valence-electron chi connectivity index (χ2n) is 5.88. The topological polar surface area (TPSA) is 58.6 Å². The van der Waals surface area contributed by atoms with E-state index in [1.165, 1.54) is 0 Å². The third-order valence-electron chi connectivity index (χ3n) is 4.44. The number of hydrogen-bond acceptors (Lipinski definition) is 5. The van der Waals surface area contributed by atoms with Crippen LogP contribution in [0.5, 0.6) is 0 Å². The van der Waals surface area contributed by atoms with E-state index in [4.69, 9.17) is 4.74 Å². The van der Waals surface area contributed by atoms with Crippen molar-refractivity contribution in [1.29, 1.82) is 0 Å². The molecule has 120 valence electrons. The van der Waals surface area contributed by atoms with Crippen molar-refractivity contribution in [3.05, 3.63) is 17.1 Å². The van der Waals surface area contributed by atoms with Crippen molar-refractivity contribution in [3.63, 3.8) is 0 Å². The zero-order chi connectivity index (χ0) is 15.5. The van der Waals surface area contributed by atoms with Crippen LogP contribution in [0, 0.1) is 6.92 Å². The lowest BCUT2D eigenvalue weighted by Crippen LogP contribution is -2.45. The highest BCUT2D eigenvalue weighted by Gasteiger charge is 2.28. The molecule has 0 spiro atoms. The van der Waals surface area contributed by atoms with Gasteiger partial charge in [-0.2, -0.15) is 0 Å². The molecule has 2 aliphatic rings. The minimum absolute atomic E-state index is 0.181. The smallest absolute Gasteiger partial charge is 0.228 e. The van der Waals surface area contributed by atoms with Crippen LogP contribution in [-0.2, 0) is 22.4 Å². The summed E-state index contributed by atoms with van der Waals surface area (Å²) in [6, 6.07) is 0. The second kappa shape index (κ2) is 6.71. The van der Waals surface area contributed by atoms with E-state index in [2.05, 4.69) is 14.9 Å². The first kappa shape index (κ1) is 15.4. The first-order chi connectivity index (χ1) is 10.7. The number of nitrogens with zero attached hydrogens (tertiary/aromatic N) is 4. The van der Waals surface area contributed by atoms with Gasteiger partial charge in [-0.05, 0) is 13.3 Å². The number of fused-ring (bicyclic) bond motifs is 1.